The van der Waals surface area contributed by atoms with Gasteiger partial charge < -0.3 is 20.4 Å². The van der Waals surface area contributed by atoms with Crippen molar-refractivity contribution in [2.75, 3.05) is 19.7 Å². The second-order valence-corrected chi connectivity index (χ2v) is 5.72. The number of β-amino-alcohol motifs (C(OH)–C–C–N with tert-alkyl or cyclic N) is 1. The van der Waals surface area contributed by atoms with Crippen LogP contribution in [0.15, 0.2) is 18.2 Å². The molecule has 1 heterocycles. The second-order valence-electron chi connectivity index (χ2n) is 5.28. The fourth-order valence-electron chi connectivity index (χ4n) is 2.63. The van der Waals surface area contributed by atoms with Crippen LogP contribution in [0.2, 0.25) is 5.02 Å². The number of aliphatic hydroxyl groups is 4. The van der Waals surface area contributed by atoms with E-state index < -0.39 is 24.4 Å². The van der Waals surface area contributed by atoms with Crippen molar-refractivity contribution < 1.29 is 24.8 Å². The molecule has 4 N–H and O–H groups in total. The van der Waals surface area contributed by atoms with E-state index in [2.05, 4.69) is 0 Å². The van der Waals surface area contributed by atoms with Crippen molar-refractivity contribution >= 4 is 11.6 Å². The molecule has 2 rings (SSSR count). The molecule has 1 aromatic carbocycles. The van der Waals surface area contributed by atoms with Gasteiger partial charge in [0.15, 0.2) is 0 Å². The van der Waals surface area contributed by atoms with E-state index in [4.69, 9.17) is 11.6 Å². The minimum atomic E-state index is -1.29. The van der Waals surface area contributed by atoms with E-state index in [0.717, 1.165) is 0 Å². The molecule has 118 valence electrons. The van der Waals surface area contributed by atoms with Crippen molar-refractivity contribution in [3.8, 4) is 0 Å². The molecule has 1 aromatic rings. The van der Waals surface area contributed by atoms with Crippen molar-refractivity contribution in [3.05, 3.63) is 34.6 Å². The SMILES string of the molecule is OC[C@@H]1[C@@H](O)[C@H](O)[C@@H](O)CN1CCc1cc(Cl)ccc1F. The summed E-state index contributed by atoms with van der Waals surface area (Å²) in [6, 6.07) is 3.58. The zero-order chi connectivity index (χ0) is 15.6. The number of halogens is 2. The molecule has 0 saturated carbocycles. The fourth-order valence-corrected chi connectivity index (χ4v) is 2.83. The third kappa shape index (κ3) is 3.71. The van der Waals surface area contributed by atoms with E-state index in [9.17, 15) is 24.8 Å². The predicted molar refractivity (Wildman–Crippen MR) is 75.6 cm³/mol. The molecule has 0 bridgehead atoms. The number of rotatable bonds is 4. The van der Waals surface area contributed by atoms with Crippen LogP contribution < -0.4 is 0 Å². The number of aliphatic hydroxyl groups excluding tert-OH is 4. The topological polar surface area (TPSA) is 84.2 Å². The average molecular weight is 320 g/mol. The summed E-state index contributed by atoms with van der Waals surface area (Å²) in [5.41, 5.74) is 0.425. The van der Waals surface area contributed by atoms with Crippen LogP contribution in [0.3, 0.4) is 0 Å². The summed E-state index contributed by atoms with van der Waals surface area (Å²) in [6.07, 6.45) is -3.32. The number of nitrogens with zero attached hydrogens (tertiary/aromatic N) is 1. The molecule has 0 unspecified atom stereocenters. The highest BCUT2D eigenvalue weighted by molar-refractivity contribution is 6.30. The summed E-state index contributed by atoms with van der Waals surface area (Å²) in [6.45, 7) is 0.0674. The fraction of sp³-hybridized carbons (Fsp3) is 0.571. The van der Waals surface area contributed by atoms with Gasteiger partial charge in [-0.3, -0.25) is 4.90 Å². The zero-order valence-electron chi connectivity index (χ0n) is 11.4. The molecular formula is C14H19ClFNO4. The number of hydrogen-bond acceptors (Lipinski definition) is 5. The highest BCUT2D eigenvalue weighted by Crippen LogP contribution is 2.21. The lowest BCUT2D eigenvalue weighted by molar-refractivity contribution is -0.144. The van der Waals surface area contributed by atoms with Crippen LogP contribution in [-0.4, -0.2) is 69.4 Å². The van der Waals surface area contributed by atoms with E-state index in [1.54, 1.807) is 4.90 Å². The summed E-state index contributed by atoms with van der Waals surface area (Å²) < 4.78 is 13.7. The number of hydrogen-bond donors (Lipinski definition) is 4. The molecule has 0 radical (unpaired) electrons. The van der Waals surface area contributed by atoms with Gasteiger partial charge in [0.05, 0.1) is 18.8 Å². The quantitative estimate of drug-likeness (QED) is 0.617. The third-order valence-electron chi connectivity index (χ3n) is 3.89. The maximum absolute atomic E-state index is 13.7. The molecule has 21 heavy (non-hydrogen) atoms. The molecule has 0 aliphatic carbocycles. The first kappa shape index (κ1) is 16.6. The minimum Gasteiger partial charge on any atom is -0.395 e. The monoisotopic (exact) mass is 319 g/mol. The standard InChI is InChI=1S/C14H19ClFNO4/c15-9-1-2-10(16)8(5-9)3-4-17-6-12(19)14(21)13(20)11(17)7-18/h1-2,5,11-14,18-21H,3-4,6-7H2/t11-,12+,13-,14-/m1/s1. The lowest BCUT2D eigenvalue weighted by atomic mass is 9.94. The Balaban J connectivity index is 2.05. The molecular weight excluding hydrogens is 301 g/mol. The smallest absolute Gasteiger partial charge is 0.126 e. The van der Waals surface area contributed by atoms with E-state index in [1.807, 2.05) is 0 Å². The molecule has 0 aromatic heterocycles. The Hall–Kier alpha value is -0.760. The first-order chi connectivity index (χ1) is 9.93. The highest BCUT2D eigenvalue weighted by Gasteiger charge is 2.40. The van der Waals surface area contributed by atoms with Crippen LogP contribution in [0.25, 0.3) is 0 Å². The van der Waals surface area contributed by atoms with Gasteiger partial charge in [-0.1, -0.05) is 11.6 Å². The summed E-state index contributed by atoms with van der Waals surface area (Å²) in [7, 11) is 0. The molecule has 5 nitrogen and oxygen atoms in total. The van der Waals surface area contributed by atoms with Gasteiger partial charge >= 0.3 is 0 Å². The van der Waals surface area contributed by atoms with E-state index in [-0.39, 0.29) is 19.0 Å². The van der Waals surface area contributed by atoms with Gasteiger partial charge in [-0.05, 0) is 30.2 Å². The Kier molecular flexibility index (Phi) is 5.54. The van der Waals surface area contributed by atoms with Gasteiger partial charge in [0.2, 0.25) is 0 Å². The van der Waals surface area contributed by atoms with Crippen LogP contribution in [0.5, 0.6) is 0 Å². The van der Waals surface area contributed by atoms with Crippen LogP contribution in [-0.2, 0) is 6.42 Å². The highest BCUT2D eigenvalue weighted by atomic mass is 35.5. The Bertz CT molecular complexity index is 490. The van der Waals surface area contributed by atoms with Crippen LogP contribution >= 0.6 is 11.6 Å². The minimum absolute atomic E-state index is 0.103. The lowest BCUT2D eigenvalue weighted by Gasteiger charge is -2.43. The van der Waals surface area contributed by atoms with Crippen LogP contribution in [0.4, 0.5) is 4.39 Å². The van der Waals surface area contributed by atoms with Crippen molar-refractivity contribution in [1.82, 2.24) is 4.90 Å². The number of benzene rings is 1. The average Bonchev–Trinajstić information content (AvgIpc) is 2.46. The molecule has 1 saturated heterocycles. The first-order valence-corrected chi connectivity index (χ1v) is 7.15. The Morgan fingerprint density at radius 3 is 2.62 bits per heavy atom. The Morgan fingerprint density at radius 2 is 1.95 bits per heavy atom. The van der Waals surface area contributed by atoms with Crippen LogP contribution in [0, 0.1) is 5.82 Å². The molecule has 1 fully saturated rings. The molecule has 1 aliphatic rings. The van der Waals surface area contributed by atoms with Gasteiger partial charge in [0, 0.05) is 18.1 Å². The van der Waals surface area contributed by atoms with Crippen LogP contribution in [0.1, 0.15) is 5.56 Å². The Labute approximate surface area is 127 Å². The van der Waals surface area contributed by atoms with Gasteiger partial charge in [0.25, 0.3) is 0 Å². The molecule has 0 amide bonds. The molecule has 1 aliphatic heterocycles. The van der Waals surface area contributed by atoms with Crippen molar-refractivity contribution in [2.45, 2.75) is 30.8 Å². The van der Waals surface area contributed by atoms with Crippen molar-refractivity contribution in [2.24, 2.45) is 0 Å². The number of piperidine rings is 1. The first-order valence-electron chi connectivity index (χ1n) is 6.77. The maximum Gasteiger partial charge on any atom is 0.126 e. The largest absolute Gasteiger partial charge is 0.395 e. The van der Waals surface area contributed by atoms with Gasteiger partial charge in [-0.15, -0.1) is 0 Å². The summed E-state index contributed by atoms with van der Waals surface area (Å²) in [4.78, 5) is 1.64. The second kappa shape index (κ2) is 7.00. The molecule has 4 atom stereocenters. The third-order valence-corrected chi connectivity index (χ3v) is 4.13. The van der Waals surface area contributed by atoms with Gasteiger partial charge in [0.1, 0.15) is 18.0 Å². The molecule has 0 spiro atoms. The summed E-state index contributed by atoms with van der Waals surface area (Å²) >= 11 is 5.83. The zero-order valence-corrected chi connectivity index (χ0v) is 12.1. The van der Waals surface area contributed by atoms with Crippen molar-refractivity contribution in [1.29, 1.82) is 0 Å². The predicted octanol–water partition coefficient (Wildman–Crippen LogP) is -0.219. The van der Waals surface area contributed by atoms with E-state index >= 15 is 0 Å². The van der Waals surface area contributed by atoms with Gasteiger partial charge in [-0.2, -0.15) is 0 Å². The molecule has 7 heteroatoms. The normalized spacial score (nSPS) is 30.6. The Morgan fingerprint density at radius 1 is 1.24 bits per heavy atom. The van der Waals surface area contributed by atoms with E-state index in [0.29, 0.717) is 23.6 Å². The lowest BCUT2D eigenvalue weighted by Crippen LogP contribution is -2.62. The summed E-state index contributed by atoms with van der Waals surface area (Å²) in [5.74, 6) is -0.377. The number of likely N-dealkylation sites (tertiary alicyclic amines) is 1. The summed E-state index contributed by atoms with van der Waals surface area (Å²) in [5, 5.41) is 39.0. The maximum atomic E-state index is 13.7. The van der Waals surface area contributed by atoms with Gasteiger partial charge in [-0.25, -0.2) is 4.39 Å². The van der Waals surface area contributed by atoms with Crippen molar-refractivity contribution in [3.63, 3.8) is 0 Å². The van der Waals surface area contributed by atoms with E-state index in [1.165, 1.54) is 18.2 Å².